The summed E-state index contributed by atoms with van der Waals surface area (Å²) in [5, 5.41) is 0. The van der Waals surface area contributed by atoms with Crippen LogP contribution in [0.3, 0.4) is 0 Å². The zero-order chi connectivity index (χ0) is 18.2. The van der Waals surface area contributed by atoms with Gasteiger partial charge in [-0.1, -0.05) is 84.7 Å². The van der Waals surface area contributed by atoms with E-state index in [1.54, 1.807) is 11.9 Å². The number of fused-ring (bicyclic) bond motifs is 3. The van der Waals surface area contributed by atoms with Crippen LogP contribution in [-0.2, 0) is 0 Å². The standard InChI is InChI=1S/C23H21N3S/c1-27-26-16-25-22(18-12-6-3-7-13-18)21(17-10-4-2-5-11-17)24-23(25)19-14-8-9-15-20(19)26/h2-15,21-22H,16H2,1H3/t21-,22-/m1/s1. The van der Waals surface area contributed by atoms with Crippen LogP contribution in [0.2, 0.25) is 0 Å². The van der Waals surface area contributed by atoms with E-state index in [4.69, 9.17) is 4.99 Å². The van der Waals surface area contributed by atoms with Gasteiger partial charge >= 0.3 is 0 Å². The van der Waals surface area contributed by atoms with E-state index in [1.807, 2.05) is 0 Å². The number of anilines is 1. The first-order valence-electron chi connectivity index (χ1n) is 9.22. The molecular weight excluding hydrogens is 350 g/mol. The van der Waals surface area contributed by atoms with E-state index < -0.39 is 0 Å². The minimum Gasteiger partial charge on any atom is -0.328 e. The Labute approximate surface area is 164 Å². The molecule has 2 aliphatic heterocycles. The van der Waals surface area contributed by atoms with Crippen molar-refractivity contribution in [3.05, 3.63) is 102 Å². The largest absolute Gasteiger partial charge is 0.328 e. The maximum absolute atomic E-state index is 5.25. The smallest absolute Gasteiger partial charge is 0.135 e. The molecule has 2 atom stereocenters. The van der Waals surface area contributed by atoms with Gasteiger partial charge < -0.3 is 4.90 Å². The third kappa shape index (κ3) is 2.72. The summed E-state index contributed by atoms with van der Waals surface area (Å²) in [5.74, 6) is 1.11. The highest BCUT2D eigenvalue weighted by molar-refractivity contribution is 8.00. The van der Waals surface area contributed by atoms with Crippen molar-refractivity contribution in [3.8, 4) is 0 Å². The lowest BCUT2D eigenvalue weighted by Crippen LogP contribution is -2.43. The van der Waals surface area contributed by atoms with Crippen LogP contribution in [0, 0.1) is 0 Å². The SMILES string of the molecule is CSN1CN2C(=N[C@H](c3ccccc3)[C@H]2c2ccccc2)c2ccccc21. The molecule has 0 spiro atoms. The fraction of sp³-hybridized carbons (Fsp3) is 0.174. The Morgan fingerprint density at radius 2 is 1.44 bits per heavy atom. The van der Waals surface area contributed by atoms with E-state index in [2.05, 4.69) is 100 Å². The Morgan fingerprint density at radius 3 is 2.15 bits per heavy atom. The molecule has 134 valence electrons. The quantitative estimate of drug-likeness (QED) is 0.583. The van der Waals surface area contributed by atoms with Crippen LogP contribution in [0.5, 0.6) is 0 Å². The van der Waals surface area contributed by atoms with Gasteiger partial charge in [-0.25, -0.2) is 0 Å². The molecule has 0 amide bonds. The van der Waals surface area contributed by atoms with Gasteiger partial charge in [-0.15, -0.1) is 0 Å². The molecule has 0 saturated carbocycles. The van der Waals surface area contributed by atoms with Crippen molar-refractivity contribution in [1.29, 1.82) is 0 Å². The Hall–Kier alpha value is -2.72. The highest BCUT2D eigenvalue weighted by atomic mass is 32.2. The van der Waals surface area contributed by atoms with Gasteiger partial charge in [0.1, 0.15) is 18.5 Å². The maximum Gasteiger partial charge on any atom is 0.135 e. The molecule has 0 N–H and O–H groups in total. The molecule has 3 aromatic carbocycles. The predicted molar refractivity (Wildman–Crippen MR) is 114 cm³/mol. The summed E-state index contributed by atoms with van der Waals surface area (Å²) in [6.45, 7) is 0.833. The third-order valence-electron chi connectivity index (χ3n) is 5.37. The first-order valence-corrected chi connectivity index (χ1v) is 10.4. The Bertz CT molecular complexity index is 971. The number of hydrogen-bond donors (Lipinski definition) is 0. The second kappa shape index (κ2) is 6.78. The van der Waals surface area contributed by atoms with Gasteiger partial charge in [0, 0.05) is 11.8 Å². The summed E-state index contributed by atoms with van der Waals surface area (Å²) in [7, 11) is 0. The Balaban J connectivity index is 1.67. The normalized spacial score (nSPS) is 20.9. The molecular formula is C23H21N3S. The van der Waals surface area contributed by atoms with Crippen molar-refractivity contribution in [3.63, 3.8) is 0 Å². The van der Waals surface area contributed by atoms with E-state index in [9.17, 15) is 0 Å². The molecule has 3 aromatic rings. The molecule has 0 aliphatic carbocycles. The lowest BCUT2D eigenvalue weighted by atomic mass is 9.93. The highest BCUT2D eigenvalue weighted by Crippen LogP contribution is 2.47. The second-order valence-electron chi connectivity index (χ2n) is 6.85. The molecule has 2 aliphatic rings. The molecule has 0 bridgehead atoms. The molecule has 0 radical (unpaired) electrons. The van der Waals surface area contributed by atoms with E-state index in [0.29, 0.717) is 0 Å². The molecule has 0 fully saturated rings. The van der Waals surface area contributed by atoms with Crippen LogP contribution >= 0.6 is 11.9 Å². The van der Waals surface area contributed by atoms with Gasteiger partial charge in [-0.3, -0.25) is 9.30 Å². The van der Waals surface area contributed by atoms with Crippen LogP contribution < -0.4 is 4.31 Å². The monoisotopic (exact) mass is 371 g/mol. The van der Waals surface area contributed by atoms with E-state index in [0.717, 1.165) is 12.5 Å². The number of nitrogens with zero attached hydrogens (tertiary/aromatic N) is 3. The topological polar surface area (TPSA) is 18.8 Å². The molecule has 2 heterocycles. The average molecular weight is 372 g/mol. The van der Waals surface area contributed by atoms with Crippen molar-refractivity contribution < 1.29 is 0 Å². The van der Waals surface area contributed by atoms with Crippen LogP contribution in [-0.4, -0.2) is 23.7 Å². The van der Waals surface area contributed by atoms with Gasteiger partial charge in [0.25, 0.3) is 0 Å². The highest BCUT2D eigenvalue weighted by Gasteiger charge is 2.42. The average Bonchev–Trinajstić information content (AvgIpc) is 3.14. The predicted octanol–water partition coefficient (Wildman–Crippen LogP) is 5.29. The van der Waals surface area contributed by atoms with Gasteiger partial charge in [0.15, 0.2) is 0 Å². The third-order valence-corrected chi connectivity index (χ3v) is 6.12. The van der Waals surface area contributed by atoms with Crippen LogP contribution in [0.1, 0.15) is 28.8 Å². The molecule has 27 heavy (non-hydrogen) atoms. The van der Waals surface area contributed by atoms with Gasteiger partial charge in [-0.2, -0.15) is 0 Å². The maximum atomic E-state index is 5.25. The summed E-state index contributed by atoms with van der Waals surface area (Å²) in [5.41, 5.74) is 5.05. The van der Waals surface area contributed by atoms with E-state index in [-0.39, 0.29) is 12.1 Å². The van der Waals surface area contributed by atoms with Crippen molar-refractivity contribution in [2.24, 2.45) is 4.99 Å². The summed E-state index contributed by atoms with van der Waals surface area (Å²) in [6.07, 6.45) is 2.14. The first kappa shape index (κ1) is 16.5. The van der Waals surface area contributed by atoms with Crippen molar-refractivity contribution in [2.45, 2.75) is 12.1 Å². The summed E-state index contributed by atoms with van der Waals surface area (Å²) < 4.78 is 2.36. The van der Waals surface area contributed by atoms with Crippen molar-refractivity contribution in [2.75, 3.05) is 17.2 Å². The lowest BCUT2D eigenvalue weighted by molar-refractivity contribution is 0.318. The summed E-state index contributed by atoms with van der Waals surface area (Å²) in [6, 6.07) is 30.4. The number of amidine groups is 1. The van der Waals surface area contributed by atoms with Crippen molar-refractivity contribution >= 4 is 23.5 Å². The molecule has 0 saturated heterocycles. The molecule has 0 unspecified atom stereocenters. The minimum absolute atomic E-state index is 0.0958. The van der Waals surface area contributed by atoms with Crippen molar-refractivity contribution in [1.82, 2.24) is 4.90 Å². The summed E-state index contributed by atoms with van der Waals surface area (Å²) in [4.78, 5) is 7.72. The zero-order valence-corrected chi connectivity index (χ0v) is 16.0. The molecule has 4 heteroatoms. The number of aliphatic imine (C=N–C) groups is 1. The van der Waals surface area contributed by atoms with Crippen LogP contribution in [0.15, 0.2) is 89.9 Å². The summed E-state index contributed by atoms with van der Waals surface area (Å²) >= 11 is 1.77. The van der Waals surface area contributed by atoms with E-state index in [1.165, 1.54) is 22.4 Å². The number of hydrogen-bond acceptors (Lipinski definition) is 4. The second-order valence-corrected chi connectivity index (χ2v) is 7.66. The molecule has 3 nitrogen and oxygen atoms in total. The Kier molecular flexibility index (Phi) is 4.13. The first-order chi connectivity index (χ1) is 13.4. The minimum atomic E-state index is 0.0958. The fourth-order valence-corrected chi connectivity index (χ4v) is 4.72. The number of para-hydroxylation sites is 1. The van der Waals surface area contributed by atoms with Gasteiger partial charge in [-0.05, 0) is 23.3 Å². The van der Waals surface area contributed by atoms with E-state index >= 15 is 0 Å². The zero-order valence-electron chi connectivity index (χ0n) is 15.2. The fourth-order valence-electron chi connectivity index (χ4n) is 4.13. The lowest BCUT2D eigenvalue weighted by Gasteiger charge is -2.40. The molecule has 0 aromatic heterocycles. The number of rotatable bonds is 3. The number of benzene rings is 3. The van der Waals surface area contributed by atoms with Gasteiger partial charge in [0.05, 0.1) is 11.7 Å². The van der Waals surface area contributed by atoms with Gasteiger partial charge in [0.2, 0.25) is 0 Å². The Morgan fingerprint density at radius 1 is 0.815 bits per heavy atom. The van der Waals surface area contributed by atoms with Crippen LogP contribution in [0.4, 0.5) is 5.69 Å². The molecule has 5 rings (SSSR count). The van der Waals surface area contributed by atoms with Crippen LogP contribution in [0.25, 0.3) is 0 Å².